The zero-order valence-corrected chi connectivity index (χ0v) is 45.9. The molecule has 440 valence electrons. The second-order valence-corrected chi connectivity index (χ2v) is 21.1. The summed E-state index contributed by atoms with van der Waals surface area (Å²) in [5.41, 5.74) is 13.6. The summed E-state index contributed by atoms with van der Waals surface area (Å²) in [6.07, 6.45) is 2.04. The van der Waals surface area contributed by atoms with Gasteiger partial charge < -0.3 is 73.7 Å². The highest BCUT2D eigenvalue weighted by molar-refractivity contribution is 5.99. The van der Waals surface area contributed by atoms with Crippen molar-refractivity contribution in [3.05, 3.63) is 83.7 Å². The van der Waals surface area contributed by atoms with E-state index in [1.54, 1.807) is 54.9 Å². The molecule has 26 heteroatoms. The van der Waals surface area contributed by atoms with Crippen LogP contribution in [0.3, 0.4) is 0 Å². The van der Waals surface area contributed by atoms with Gasteiger partial charge in [0.2, 0.25) is 53.2 Å². The minimum Gasteiger partial charge on any atom is -0.391 e. The van der Waals surface area contributed by atoms with Crippen molar-refractivity contribution >= 4 is 82.0 Å². The van der Waals surface area contributed by atoms with Crippen LogP contribution in [0.15, 0.2) is 82.6 Å². The Hall–Kier alpha value is -8.52. The maximum absolute atomic E-state index is 15.1. The summed E-state index contributed by atoms with van der Waals surface area (Å²) in [5.74, 6) is -7.42. The van der Waals surface area contributed by atoms with Crippen molar-refractivity contribution in [3.63, 3.8) is 0 Å². The number of aromatic amines is 1. The first kappa shape index (κ1) is 61.1. The fraction of sp³-hybridized carbons (Fsp3) is 0.500. The van der Waals surface area contributed by atoms with Crippen molar-refractivity contribution in [2.24, 2.45) is 21.5 Å². The number of guanidine groups is 1. The molecule has 4 aliphatic heterocycles. The van der Waals surface area contributed by atoms with Gasteiger partial charge in [-0.1, -0.05) is 54.6 Å². The average molecular weight is 1140 g/mol. The van der Waals surface area contributed by atoms with Crippen molar-refractivity contribution < 1.29 is 58.2 Å². The van der Waals surface area contributed by atoms with Gasteiger partial charge in [-0.05, 0) is 56.2 Å². The molecule has 9 amide bonds. The Morgan fingerprint density at radius 1 is 0.720 bits per heavy atom. The molecule has 0 bridgehead atoms. The van der Waals surface area contributed by atoms with Gasteiger partial charge >= 0.3 is 0 Å². The van der Waals surface area contributed by atoms with E-state index in [0.717, 1.165) is 4.90 Å². The molecule has 0 spiro atoms. The molecular formula is C56H74N14O12. The molecule has 0 unspecified atom stereocenters. The predicted octanol–water partition coefficient (Wildman–Crippen LogP) is -2.11. The van der Waals surface area contributed by atoms with Crippen molar-refractivity contribution in [2.45, 2.75) is 151 Å². The van der Waals surface area contributed by atoms with Crippen molar-refractivity contribution in [3.8, 4) is 0 Å². The fourth-order valence-electron chi connectivity index (χ4n) is 10.7. The van der Waals surface area contributed by atoms with Crippen LogP contribution in [0.25, 0.3) is 10.9 Å². The fourth-order valence-corrected chi connectivity index (χ4v) is 10.7. The quantitative estimate of drug-likeness (QED) is 0.0467. The second kappa shape index (κ2) is 28.8. The van der Waals surface area contributed by atoms with E-state index >= 15 is 4.79 Å². The molecule has 4 aliphatic rings. The topological polar surface area (TPSA) is 394 Å². The van der Waals surface area contributed by atoms with Gasteiger partial charge in [0.15, 0.2) is 11.7 Å². The molecule has 1 aromatic heterocycles. The maximum Gasteiger partial charge on any atom is 0.246 e. The van der Waals surface area contributed by atoms with E-state index in [2.05, 4.69) is 52.2 Å². The summed E-state index contributed by atoms with van der Waals surface area (Å²) in [6, 6.07) is 5.19. The number of likely N-dealkylation sites (tertiary alicyclic amines) is 2. The van der Waals surface area contributed by atoms with E-state index < -0.39 is 114 Å². The number of amides is 9. The lowest BCUT2D eigenvalue weighted by atomic mass is 10.0. The molecule has 2 aromatic carbocycles. The molecule has 3 aromatic rings. The standard InChI is InChI=1S/C56H74N14O12/c1-31(71)46-26-36(73)29-69(46)55(82)47-27-37(74)30-70(47)54(81)42-17-10-21-60-48(75)19-18-41(63-32(2)72)50(77)68-45(25-35-13-8-20-59-35)53(80)66-43(23-33-11-4-3-5-12-33)51(78)64-40(16-9-22-61-56(57)58)49(76)67-44(52(79)65-42)24-34-28-62-39-15-7-6-14-38(34)39/h3-7,11-15,20,28,36-37,40-47,62,73-74H,8-10,16-19,21-27,29-30H2,1-2H3,(H,60,75)(H,63,72)(H,64,78)(H,65,79)(H,66,80)(H,67,76)(H,68,77)(H4,57,58,61)/t36-,37-,40+,41+,42+,43-,44+,45+,46+,47+/m1/s1. The van der Waals surface area contributed by atoms with E-state index in [9.17, 15) is 53.4 Å². The van der Waals surface area contributed by atoms with E-state index in [1.165, 1.54) is 18.7 Å². The lowest BCUT2D eigenvalue weighted by Gasteiger charge is -2.33. The number of nitrogens with one attached hydrogen (secondary N) is 8. The lowest BCUT2D eigenvalue weighted by Crippen LogP contribution is -2.60. The molecule has 3 fully saturated rings. The van der Waals surface area contributed by atoms with E-state index in [4.69, 9.17) is 11.5 Å². The molecule has 0 saturated carbocycles. The SMILES string of the molecule is CC(=O)N[C@H]1CCC(=O)NCCC[C@@H](C(=O)N2C[C@H](O)C[C@H]2C(=O)N2C[C@H](O)C[C@H]2C(C)=O)NC(=O)[C@H](Cc2c[nH]c3ccccc23)NC(=O)[C@H](CCCN=C(N)N)NC(=O)[C@@H](Cc2ccccc2)NC(=O)[C@H](CC2=CCC=N2)NC1=O. The number of H-pyrrole nitrogens is 1. The smallest absolute Gasteiger partial charge is 0.246 e. The van der Waals surface area contributed by atoms with Crippen LogP contribution >= 0.6 is 0 Å². The molecule has 7 rings (SSSR count). The van der Waals surface area contributed by atoms with Gasteiger partial charge in [0, 0.05) is 107 Å². The number of carbonyl (C=O) groups excluding carboxylic acids is 10. The Bertz CT molecular complexity index is 2940. The number of Topliss-reactive ketones (excluding diaryl/α,β-unsaturated/α-hetero) is 1. The van der Waals surface area contributed by atoms with Gasteiger partial charge in [-0.15, -0.1) is 0 Å². The van der Waals surface area contributed by atoms with Gasteiger partial charge in [-0.2, -0.15) is 0 Å². The molecule has 0 aliphatic carbocycles. The van der Waals surface area contributed by atoms with Gasteiger partial charge in [-0.25, -0.2) is 0 Å². The Morgan fingerprint density at radius 2 is 1.33 bits per heavy atom. The number of hydrogen-bond donors (Lipinski definition) is 12. The summed E-state index contributed by atoms with van der Waals surface area (Å²) in [5, 5.41) is 41.4. The Kier molecular flexibility index (Phi) is 21.4. The number of benzene rings is 2. The van der Waals surface area contributed by atoms with Crippen molar-refractivity contribution in [1.29, 1.82) is 0 Å². The third-order valence-corrected chi connectivity index (χ3v) is 14.8. The zero-order valence-electron chi connectivity index (χ0n) is 45.9. The number of aliphatic imine (C=N–C) groups is 2. The molecule has 26 nitrogen and oxygen atoms in total. The maximum atomic E-state index is 15.1. The Balaban J connectivity index is 1.27. The molecule has 3 saturated heterocycles. The van der Waals surface area contributed by atoms with Gasteiger partial charge in [0.25, 0.3) is 0 Å². The summed E-state index contributed by atoms with van der Waals surface area (Å²) >= 11 is 0. The van der Waals surface area contributed by atoms with Crippen molar-refractivity contribution in [2.75, 3.05) is 26.2 Å². The zero-order chi connectivity index (χ0) is 59.0. The van der Waals surface area contributed by atoms with Crippen LogP contribution in [0, 0.1) is 0 Å². The number of hydrogen-bond acceptors (Lipinski definition) is 14. The average Bonchev–Trinajstić information content (AvgIpc) is 4.45. The number of nitrogens with zero attached hydrogens (tertiary/aromatic N) is 4. The highest BCUT2D eigenvalue weighted by Gasteiger charge is 2.47. The lowest BCUT2D eigenvalue weighted by molar-refractivity contribution is -0.147. The minimum atomic E-state index is -1.47. The molecule has 10 atom stereocenters. The number of aliphatic hydroxyl groups is 2. The number of aliphatic hydroxyl groups excluding tert-OH is 2. The number of ketones is 1. The van der Waals surface area contributed by atoms with Crippen LogP contribution < -0.4 is 48.7 Å². The summed E-state index contributed by atoms with van der Waals surface area (Å²) in [6.45, 7) is 1.90. The number of allylic oxidation sites excluding steroid dienone is 1. The third kappa shape index (κ3) is 16.8. The second-order valence-electron chi connectivity index (χ2n) is 21.1. The molecule has 5 heterocycles. The summed E-state index contributed by atoms with van der Waals surface area (Å²) in [4.78, 5) is 155. The van der Waals surface area contributed by atoms with Crippen LogP contribution in [0.4, 0.5) is 0 Å². The molecular weight excluding hydrogens is 1060 g/mol. The Labute approximate surface area is 473 Å². The van der Waals surface area contributed by atoms with Crippen molar-refractivity contribution in [1.82, 2.24) is 52.0 Å². The number of nitrogens with two attached hydrogens (primary N) is 2. The van der Waals surface area contributed by atoms with Gasteiger partial charge in [0.1, 0.15) is 42.3 Å². The number of β-amino-alcohol motifs (C(OH)–C–C–N with tert-alkyl or cyclic N) is 2. The Morgan fingerprint density at radius 3 is 2.00 bits per heavy atom. The molecule has 82 heavy (non-hydrogen) atoms. The summed E-state index contributed by atoms with van der Waals surface area (Å²) in [7, 11) is 0. The number of aromatic nitrogens is 1. The highest BCUT2D eigenvalue weighted by Crippen LogP contribution is 2.28. The first-order valence-electron chi connectivity index (χ1n) is 27.6. The van der Waals surface area contributed by atoms with E-state index in [-0.39, 0.29) is 109 Å². The predicted molar refractivity (Wildman–Crippen MR) is 300 cm³/mol. The van der Waals surface area contributed by atoms with Crippen LogP contribution in [-0.4, -0.2) is 183 Å². The largest absolute Gasteiger partial charge is 0.391 e. The number of carbonyl (C=O) groups is 10. The first-order valence-corrected chi connectivity index (χ1v) is 27.6. The van der Waals surface area contributed by atoms with Crippen LogP contribution in [0.5, 0.6) is 0 Å². The number of para-hydroxylation sites is 1. The van der Waals surface area contributed by atoms with Gasteiger partial charge in [0.05, 0.1) is 18.2 Å². The van der Waals surface area contributed by atoms with E-state index in [1.807, 2.05) is 18.2 Å². The number of fused-ring (bicyclic) bond motifs is 1. The van der Waals surface area contributed by atoms with Crippen LogP contribution in [-0.2, 0) is 60.8 Å². The van der Waals surface area contributed by atoms with E-state index in [0.29, 0.717) is 34.1 Å². The first-order chi connectivity index (χ1) is 39.2. The van der Waals surface area contributed by atoms with Crippen LogP contribution in [0.2, 0.25) is 0 Å². The van der Waals surface area contributed by atoms with Crippen LogP contribution in [0.1, 0.15) is 89.2 Å². The molecule has 0 radical (unpaired) electrons. The number of rotatable bonds is 14. The summed E-state index contributed by atoms with van der Waals surface area (Å²) < 4.78 is 0. The highest BCUT2D eigenvalue weighted by atomic mass is 16.3. The van der Waals surface area contributed by atoms with Gasteiger partial charge in [-0.3, -0.25) is 57.9 Å². The monoisotopic (exact) mass is 1130 g/mol. The third-order valence-electron chi connectivity index (χ3n) is 14.8. The normalized spacial score (nSPS) is 26.4. The minimum absolute atomic E-state index is 0.0140. The molecule has 14 N–H and O–H groups in total.